The van der Waals surface area contributed by atoms with Gasteiger partial charge in [0.15, 0.2) is 0 Å². The summed E-state index contributed by atoms with van der Waals surface area (Å²) in [5, 5.41) is 4.17. The quantitative estimate of drug-likeness (QED) is 0.549. The van der Waals surface area contributed by atoms with Crippen molar-refractivity contribution in [2.75, 3.05) is 31.6 Å². The molecule has 3 aliphatic rings. The first-order valence-corrected chi connectivity index (χ1v) is 12.8. The molecule has 0 saturated carbocycles. The number of hydrogen-bond acceptors (Lipinski definition) is 6. The van der Waals surface area contributed by atoms with Gasteiger partial charge in [0.2, 0.25) is 0 Å². The fourth-order valence-corrected chi connectivity index (χ4v) is 4.59. The average Bonchev–Trinajstić information content (AvgIpc) is 3.42. The molecule has 1 atom stereocenters. The Balaban J connectivity index is 0.00000156. The molecule has 0 aliphatic carbocycles. The number of allylic oxidation sites excluding steroid dienone is 1. The zero-order chi connectivity index (χ0) is 26.4. The first kappa shape index (κ1) is 26.3. The summed E-state index contributed by atoms with van der Waals surface area (Å²) < 4.78 is 18.9. The van der Waals surface area contributed by atoms with Crippen LogP contribution in [0, 0.1) is 5.82 Å². The van der Waals surface area contributed by atoms with Crippen LogP contribution >= 0.6 is 0 Å². The summed E-state index contributed by atoms with van der Waals surface area (Å²) in [4.78, 5) is 23.8. The van der Waals surface area contributed by atoms with Crippen molar-refractivity contribution >= 4 is 29.8 Å². The zero-order valence-corrected chi connectivity index (χ0v) is 21.9. The third-order valence-electron chi connectivity index (χ3n) is 6.47. The molecule has 0 N–H and O–H groups in total. The molecule has 194 valence electrons. The van der Waals surface area contributed by atoms with Crippen molar-refractivity contribution in [1.82, 2.24) is 10.0 Å². The highest BCUT2D eigenvalue weighted by atomic mass is 19.1. The highest BCUT2D eigenvalue weighted by Gasteiger charge is 2.38. The Labute approximate surface area is 218 Å². The van der Waals surface area contributed by atoms with E-state index in [0.717, 1.165) is 54.3 Å². The van der Waals surface area contributed by atoms with Crippen molar-refractivity contribution in [2.45, 2.75) is 39.7 Å². The number of amides is 1. The molecule has 8 heteroatoms. The Morgan fingerprint density at radius 1 is 1.11 bits per heavy atom. The standard InChI is InChI=1S/C27H28FN5O2.C2H6/c1-19-12-15-31(18-29-19)23-10-6-21(17-25(23)35-2)7-11-26-30-27(34)24(32-13-3-14-33(26)32)16-20-4-8-22(28)9-5-20;1-2/h4-12,17-18,24H,3,13-16H2,1-2H3;1-2H3/b11-7+;. The van der Waals surface area contributed by atoms with E-state index in [-0.39, 0.29) is 17.8 Å². The lowest BCUT2D eigenvalue weighted by atomic mass is 10.0. The number of rotatable bonds is 6. The molecule has 0 spiro atoms. The van der Waals surface area contributed by atoms with Crippen LogP contribution in [0.5, 0.6) is 5.75 Å². The third kappa shape index (κ3) is 5.97. The Morgan fingerprint density at radius 3 is 2.59 bits per heavy atom. The number of anilines is 1. The van der Waals surface area contributed by atoms with Gasteiger partial charge in [-0.2, -0.15) is 4.99 Å². The predicted octanol–water partition coefficient (Wildman–Crippen LogP) is 5.10. The van der Waals surface area contributed by atoms with E-state index in [1.54, 1.807) is 19.2 Å². The zero-order valence-electron chi connectivity index (χ0n) is 21.9. The highest BCUT2D eigenvalue weighted by molar-refractivity contribution is 6.06. The van der Waals surface area contributed by atoms with Crippen LogP contribution < -0.4 is 9.64 Å². The molecule has 5 rings (SSSR count). The molecule has 1 fully saturated rings. The maximum atomic E-state index is 13.3. The molecule has 1 saturated heterocycles. The Bertz CT molecular complexity index is 1240. The van der Waals surface area contributed by atoms with E-state index >= 15 is 0 Å². The van der Waals surface area contributed by atoms with E-state index in [2.05, 4.69) is 26.1 Å². The Hall–Kier alpha value is -3.78. The lowest BCUT2D eigenvalue weighted by molar-refractivity contribution is -0.128. The second-order valence-electron chi connectivity index (χ2n) is 8.80. The third-order valence-corrected chi connectivity index (χ3v) is 6.47. The molecule has 3 aliphatic heterocycles. The lowest BCUT2D eigenvalue weighted by Gasteiger charge is -2.38. The minimum Gasteiger partial charge on any atom is -0.495 e. The number of benzene rings is 2. The van der Waals surface area contributed by atoms with Crippen LogP contribution in [0.3, 0.4) is 0 Å². The summed E-state index contributed by atoms with van der Waals surface area (Å²) in [5.41, 5.74) is 3.80. The van der Waals surface area contributed by atoms with Crippen LogP contribution in [0.15, 0.2) is 70.3 Å². The van der Waals surface area contributed by atoms with Gasteiger partial charge in [-0.1, -0.05) is 38.1 Å². The van der Waals surface area contributed by atoms with Gasteiger partial charge in [0.25, 0.3) is 5.91 Å². The largest absolute Gasteiger partial charge is 0.495 e. The molecule has 7 nitrogen and oxygen atoms in total. The topological polar surface area (TPSA) is 60.7 Å². The van der Waals surface area contributed by atoms with Crippen LogP contribution in [0.4, 0.5) is 10.1 Å². The summed E-state index contributed by atoms with van der Waals surface area (Å²) in [6.45, 7) is 8.31. The maximum absolute atomic E-state index is 13.3. The summed E-state index contributed by atoms with van der Waals surface area (Å²) in [7, 11) is 1.65. The molecule has 0 radical (unpaired) electrons. The predicted molar refractivity (Wildman–Crippen MR) is 147 cm³/mol. The Kier molecular flexibility index (Phi) is 8.50. The highest BCUT2D eigenvalue weighted by Crippen LogP contribution is 2.30. The summed E-state index contributed by atoms with van der Waals surface area (Å²) in [6, 6.07) is 11.9. The number of carbonyl (C=O) groups excluding carboxylic acids is 1. The van der Waals surface area contributed by atoms with E-state index in [4.69, 9.17) is 4.74 Å². The number of ether oxygens (including phenoxy) is 1. The molecule has 3 heterocycles. The molecule has 37 heavy (non-hydrogen) atoms. The van der Waals surface area contributed by atoms with Gasteiger partial charge in [-0.3, -0.25) is 9.80 Å². The minimum atomic E-state index is -0.372. The molecule has 2 aromatic carbocycles. The van der Waals surface area contributed by atoms with E-state index in [0.29, 0.717) is 12.3 Å². The number of aliphatic imine (C=N–C) groups is 2. The molecular formula is C29H34FN5O2. The molecule has 1 unspecified atom stereocenters. The van der Waals surface area contributed by atoms with Crippen molar-refractivity contribution in [1.29, 1.82) is 0 Å². The van der Waals surface area contributed by atoms with Gasteiger partial charge in [0.1, 0.15) is 23.4 Å². The number of halogens is 1. The molecule has 0 aromatic heterocycles. The normalized spacial score (nSPS) is 19.4. The van der Waals surface area contributed by atoms with E-state index in [1.807, 2.05) is 62.4 Å². The van der Waals surface area contributed by atoms with Gasteiger partial charge in [0, 0.05) is 25.3 Å². The molecule has 0 bridgehead atoms. The van der Waals surface area contributed by atoms with Gasteiger partial charge < -0.3 is 9.64 Å². The first-order chi connectivity index (χ1) is 18.0. The maximum Gasteiger partial charge on any atom is 0.267 e. The van der Waals surface area contributed by atoms with E-state index in [9.17, 15) is 9.18 Å². The van der Waals surface area contributed by atoms with Gasteiger partial charge in [-0.15, -0.1) is 0 Å². The monoisotopic (exact) mass is 503 g/mol. The fraction of sp³-hybridized carbons (Fsp3) is 0.345. The van der Waals surface area contributed by atoms with Gasteiger partial charge in [0.05, 0.1) is 19.1 Å². The molecule has 1 amide bonds. The SMILES string of the molecule is CC.COc1cc(/C=C/C2=NC(=O)C(Cc3ccc(F)cc3)N3CCCN23)ccc1N1C=NC(C)=CC1. The van der Waals surface area contributed by atoms with Crippen LogP contribution in [-0.4, -0.2) is 60.9 Å². The van der Waals surface area contributed by atoms with Crippen LogP contribution in [0.25, 0.3) is 6.08 Å². The average molecular weight is 504 g/mol. The molecular weight excluding hydrogens is 469 g/mol. The van der Waals surface area contributed by atoms with Crippen LogP contribution in [0.2, 0.25) is 0 Å². The minimum absolute atomic E-state index is 0.173. The number of nitrogens with zero attached hydrogens (tertiary/aromatic N) is 5. The summed E-state index contributed by atoms with van der Waals surface area (Å²) in [6.07, 6.45) is 9.17. The van der Waals surface area contributed by atoms with E-state index in [1.165, 1.54) is 12.1 Å². The van der Waals surface area contributed by atoms with Gasteiger partial charge in [-0.05, 0) is 67.3 Å². The number of carbonyl (C=O) groups is 1. The van der Waals surface area contributed by atoms with Crippen LogP contribution in [0.1, 0.15) is 38.3 Å². The fourth-order valence-electron chi connectivity index (χ4n) is 4.59. The van der Waals surface area contributed by atoms with Crippen molar-refractivity contribution in [3.63, 3.8) is 0 Å². The number of fused-ring (bicyclic) bond motifs is 1. The smallest absolute Gasteiger partial charge is 0.267 e. The second kappa shape index (κ2) is 12.0. The van der Waals surface area contributed by atoms with Crippen molar-refractivity contribution in [3.05, 3.63) is 77.3 Å². The number of hydrogen-bond donors (Lipinski definition) is 0. The van der Waals surface area contributed by atoms with Crippen molar-refractivity contribution < 1.29 is 13.9 Å². The number of methoxy groups -OCH3 is 1. The first-order valence-electron chi connectivity index (χ1n) is 12.8. The molecule has 2 aromatic rings. The van der Waals surface area contributed by atoms with Gasteiger partial charge >= 0.3 is 0 Å². The lowest BCUT2D eigenvalue weighted by Crippen LogP contribution is -2.54. The Morgan fingerprint density at radius 2 is 1.89 bits per heavy atom. The second-order valence-corrected chi connectivity index (χ2v) is 8.80. The van der Waals surface area contributed by atoms with Crippen molar-refractivity contribution in [2.24, 2.45) is 9.98 Å². The number of hydrazine groups is 1. The van der Waals surface area contributed by atoms with Crippen molar-refractivity contribution in [3.8, 4) is 5.75 Å². The summed E-state index contributed by atoms with van der Waals surface area (Å²) >= 11 is 0. The van der Waals surface area contributed by atoms with Gasteiger partial charge in [-0.25, -0.2) is 14.4 Å². The summed E-state index contributed by atoms with van der Waals surface area (Å²) in [5.74, 6) is 0.926. The van der Waals surface area contributed by atoms with Crippen LogP contribution in [-0.2, 0) is 11.2 Å². The number of amidine groups is 1. The van der Waals surface area contributed by atoms with E-state index < -0.39 is 0 Å².